The molecule has 0 spiro atoms. The van der Waals surface area contributed by atoms with Crippen LogP contribution >= 0.6 is 11.3 Å². The monoisotopic (exact) mass is 427 g/mol. The van der Waals surface area contributed by atoms with Crippen LogP contribution in [-0.2, 0) is 11.3 Å². The summed E-state index contributed by atoms with van der Waals surface area (Å²) in [6.07, 6.45) is 0.882. The van der Waals surface area contributed by atoms with Gasteiger partial charge in [0.05, 0.1) is 28.7 Å². The van der Waals surface area contributed by atoms with E-state index in [-0.39, 0.29) is 41.0 Å². The van der Waals surface area contributed by atoms with Crippen LogP contribution in [-0.4, -0.2) is 24.2 Å². The number of aromatic carboxylic acids is 1. The van der Waals surface area contributed by atoms with Gasteiger partial charge < -0.3 is 20.0 Å². The molecule has 3 aromatic rings. The number of pyridine rings is 1. The molecule has 1 saturated heterocycles. The van der Waals surface area contributed by atoms with E-state index in [1.54, 1.807) is 23.5 Å². The molecule has 4 rings (SSSR count). The molecule has 1 N–H and O–H groups in total. The standard InChI is InChI=1S/C22H19N3O3S.Na/c23-11-18-17(16-7-8-28-13-16)10-19(20-2-1-9-29-20)25-21(18)24-12-14-3-5-15(6-4-14)22(26)27;/h1-6,9-10,16H,7-8,12-13H2,(H,24,25)(H,26,27);/q;+1/p-1. The molecule has 1 fully saturated rings. The van der Waals surface area contributed by atoms with Crippen molar-refractivity contribution in [3.8, 4) is 16.6 Å². The number of nitrogens with zero attached hydrogens (tertiary/aromatic N) is 2. The van der Waals surface area contributed by atoms with Crippen LogP contribution in [0.4, 0.5) is 5.82 Å². The zero-order chi connectivity index (χ0) is 20.2. The molecular weight excluding hydrogens is 409 g/mol. The van der Waals surface area contributed by atoms with Crippen LogP contribution in [0.1, 0.15) is 39.4 Å². The summed E-state index contributed by atoms with van der Waals surface area (Å²) in [7, 11) is 0. The van der Waals surface area contributed by atoms with E-state index in [1.165, 1.54) is 12.1 Å². The van der Waals surface area contributed by atoms with Gasteiger partial charge in [0, 0.05) is 19.1 Å². The first-order valence-corrected chi connectivity index (χ1v) is 10.1. The van der Waals surface area contributed by atoms with E-state index in [4.69, 9.17) is 9.72 Å². The predicted octanol–water partition coefficient (Wildman–Crippen LogP) is 0.165. The molecule has 0 radical (unpaired) electrons. The molecule has 0 amide bonds. The average molecular weight is 427 g/mol. The van der Waals surface area contributed by atoms with E-state index in [9.17, 15) is 15.2 Å². The SMILES string of the molecule is N#Cc1c(C2CCOC2)cc(-c2cccs2)nc1NCc1ccc(C(=O)[O-])cc1.[Na+]. The second kappa shape index (κ2) is 10.2. The van der Waals surface area contributed by atoms with Gasteiger partial charge in [-0.2, -0.15) is 5.26 Å². The van der Waals surface area contributed by atoms with Crippen LogP contribution in [0.2, 0.25) is 0 Å². The molecule has 146 valence electrons. The van der Waals surface area contributed by atoms with Crippen LogP contribution in [0.3, 0.4) is 0 Å². The fourth-order valence-corrected chi connectivity index (χ4v) is 4.09. The molecule has 1 atom stereocenters. The van der Waals surface area contributed by atoms with Gasteiger partial charge in [-0.15, -0.1) is 11.3 Å². The number of rotatable bonds is 6. The van der Waals surface area contributed by atoms with Gasteiger partial charge in [0.25, 0.3) is 0 Å². The van der Waals surface area contributed by atoms with Crippen LogP contribution in [0.15, 0.2) is 47.8 Å². The summed E-state index contributed by atoms with van der Waals surface area (Å²) in [5, 5.41) is 26.0. The first-order valence-electron chi connectivity index (χ1n) is 9.26. The summed E-state index contributed by atoms with van der Waals surface area (Å²) in [6, 6.07) is 14.8. The molecule has 0 aliphatic carbocycles. The Hall–Kier alpha value is -2.21. The number of anilines is 1. The second-order valence-corrected chi connectivity index (χ2v) is 7.76. The van der Waals surface area contributed by atoms with E-state index in [2.05, 4.69) is 11.4 Å². The van der Waals surface area contributed by atoms with Crippen molar-refractivity contribution < 1.29 is 44.2 Å². The van der Waals surface area contributed by atoms with E-state index in [1.807, 2.05) is 23.6 Å². The molecule has 1 aliphatic rings. The Morgan fingerprint density at radius 2 is 2.13 bits per heavy atom. The van der Waals surface area contributed by atoms with Crippen molar-refractivity contribution in [1.82, 2.24) is 4.98 Å². The van der Waals surface area contributed by atoms with Crippen LogP contribution in [0.5, 0.6) is 0 Å². The Bertz CT molecular complexity index is 1060. The number of hydrogen-bond donors (Lipinski definition) is 1. The molecule has 6 nitrogen and oxygen atoms in total. The van der Waals surface area contributed by atoms with Gasteiger partial charge in [0.15, 0.2) is 0 Å². The van der Waals surface area contributed by atoms with Gasteiger partial charge in [-0.05, 0) is 40.6 Å². The maximum absolute atomic E-state index is 10.9. The van der Waals surface area contributed by atoms with E-state index in [0.717, 1.165) is 28.1 Å². The van der Waals surface area contributed by atoms with Gasteiger partial charge in [-0.25, -0.2) is 4.98 Å². The quantitative estimate of drug-likeness (QED) is 0.563. The number of nitriles is 1. The summed E-state index contributed by atoms with van der Waals surface area (Å²) in [4.78, 5) is 16.7. The minimum atomic E-state index is -1.20. The molecule has 1 unspecified atom stereocenters. The fourth-order valence-electron chi connectivity index (χ4n) is 3.41. The number of nitrogens with one attached hydrogen (secondary N) is 1. The van der Waals surface area contributed by atoms with Crippen molar-refractivity contribution in [2.75, 3.05) is 18.5 Å². The summed E-state index contributed by atoms with van der Waals surface area (Å²) in [5.41, 5.74) is 3.34. The van der Waals surface area contributed by atoms with E-state index >= 15 is 0 Å². The molecule has 30 heavy (non-hydrogen) atoms. The van der Waals surface area contributed by atoms with E-state index < -0.39 is 5.97 Å². The van der Waals surface area contributed by atoms with Gasteiger partial charge in [-0.1, -0.05) is 30.3 Å². The summed E-state index contributed by atoms with van der Waals surface area (Å²) >= 11 is 1.60. The normalized spacial score (nSPS) is 15.2. The third kappa shape index (κ3) is 4.91. The Morgan fingerprint density at radius 3 is 2.73 bits per heavy atom. The van der Waals surface area contributed by atoms with Gasteiger partial charge in [0.1, 0.15) is 11.9 Å². The van der Waals surface area contributed by atoms with Crippen LogP contribution < -0.4 is 40.0 Å². The summed E-state index contributed by atoms with van der Waals surface area (Å²) < 4.78 is 5.54. The molecular formula is C22H18N3NaO3S. The second-order valence-electron chi connectivity index (χ2n) is 6.81. The number of carbonyl (C=O) groups is 1. The number of carboxylic acids is 1. The fraction of sp³-hybridized carbons (Fsp3) is 0.227. The molecule has 2 aromatic heterocycles. The number of aromatic nitrogens is 1. The Morgan fingerprint density at radius 1 is 1.33 bits per heavy atom. The Kier molecular flexibility index (Phi) is 7.64. The maximum atomic E-state index is 10.9. The first-order chi connectivity index (χ1) is 14.2. The summed E-state index contributed by atoms with van der Waals surface area (Å²) in [6.45, 7) is 1.72. The largest absolute Gasteiger partial charge is 1.00 e. The number of thiophene rings is 1. The third-order valence-electron chi connectivity index (χ3n) is 4.95. The number of benzene rings is 1. The zero-order valence-electron chi connectivity index (χ0n) is 16.6. The first kappa shape index (κ1) is 22.5. The number of carboxylic acid groups (broad SMARTS) is 1. The van der Waals surface area contributed by atoms with Crippen molar-refractivity contribution in [3.05, 3.63) is 70.1 Å². The zero-order valence-corrected chi connectivity index (χ0v) is 19.4. The van der Waals surface area contributed by atoms with Crippen LogP contribution in [0.25, 0.3) is 10.6 Å². The number of carbonyl (C=O) groups excluding carboxylic acids is 1. The third-order valence-corrected chi connectivity index (χ3v) is 5.85. The smallest absolute Gasteiger partial charge is 0.545 e. The molecule has 0 bridgehead atoms. The molecule has 0 saturated carbocycles. The topological polar surface area (TPSA) is 98.1 Å². The number of ether oxygens (including phenoxy) is 1. The summed E-state index contributed by atoms with van der Waals surface area (Å²) in [5.74, 6) is -0.497. The van der Waals surface area contributed by atoms with Gasteiger partial charge in [0.2, 0.25) is 0 Å². The minimum Gasteiger partial charge on any atom is -0.545 e. The van der Waals surface area contributed by atoms with E-state index in [0.29, 0.717) is 31.1 Å². The predicted molar refractivity (Wildman–Crippen MR) is 109 cm³/mol. The Balaban J connectivity index is 0.00000256. The van der Waals surface area contributed by atoms with Crippen LogP contribution in [0, 0.1) is 11.3 Å². The average Bonchev–Trinajstić information content (AvgIpc) is 3.46. The molecule has 1 aliphatic heterocycles. The van der Waals surface area contributed by atoms with Crippen molar-refractivity contribution in [1.29, 1.82) is 5.26 Å². The van der Waals surface area contributed by atoms with Crippen molar-refractivity contribution >= 4 is 23.1 Å². The van der Waals surface area contributed by atoms with Gasteiger partial charge in [-0.3, -0.25) is 0 Å². The van der Waals surface area contributed by atoms with Crippen molar-refractivity contribution in [3.63, 3.8) is 0 Å². The van der Waals surface area contributed by atoms with Crippen molar-refractivity contribution in [2.45, 2.75) is 18.9 Å². The van der Waals surface area contributed by atoms with Crippen molar-refractivity contribution in [2.24, 2.45) is 0 Å². The molecule has 8 heteroatoms. The minimum absolute atomic E-state index is 0. The maximum Gasteiger partial charge on any atom is 1.00 e. The Labute approximate surface area is 200 Å². The van der Waals surface area contributed by atoms with Gasteiger partial charge >= 0.3 is 29.6 Å². The molecule has 3 heterocycles. The molecule has 1 aromatic carbocycles. The number of hydrogen-bond acceptors (Lipinski definition) is 7.